The Morgan fingerprint density at radius 3 is 2.55 bits per heavy atom. The lowest BCUT2D eigenvalue weighted by Gasteiger charge is -2.31. The molecule has 2 fully saturated rings. The maximum Gasteiger partial charge on any atom is 0.170 e. The number of hydrogen-bond acceptors (Lipinski definition) is 4. The summed E-state index contributed by atoms with van der Waals surface area (Å²) >= 11 is 7.43. The van der Waals surface area contributed by atoms with Crippen LogP contribution in [0.1, 0.15) is 49.2 Å². The van der Waals surface area contributed by atoms with Gasteiger partial charge in [-0.2, -0.15) is 0 Å². The molecule has 1 N–H and O–H groups in total. The van der Waals surface area contributed by atoms with Gasteiger partial charge in [0.25, 0.3) is 0 Å². The highest BCUT2D eigenvalue weighted by Gasteiger charge is 2.45. The van der Waals surface area contributed by atoms with Crippen molar-refractivity contribution in [1.29, 1.82) is 0 Å². The molecular weight excluding hydrogens is 398 g/mol. The number of nitrogens with zero attached hydrogens (tertiary/aromatic N) is 2. The second-order valence-electron chi connectivity index (χ2n) is 7.54. The van der Waals surface area contributed by atoms with E-state index in [9.17, 15) is 0 Å². The van der Waals surface area contributed by atoms with Crippen molar-refractivity contribution in [1.82, 2.24) is 15.2 Å². The highest BCUT2D eigenvalue weighted by atomic mass is 32.2. The Bertz CT molecular complexity index is 970. The van der Waals surface area contributed by atoms with Crippen LogP contribution in [0.3, 0.4) is 0 Å². The van der Waals surface area contributed by atoms with Gasteiger partial charge in [-0.15, -0.1) is 0 Å². The monoisotopic (exact) mass is 421 g/mol. The molecule has 2 atom stereocenters. The van der Waals surface area contributed by atoms with E-state index in [0.29, 0.717) is 6.04 Å². The Morgan fingerprint density at radius 1 is 1.00 bits per heavy atom. The molecule has 0 unspecified atom stereocenters. The summed E-state index contributed by atoms with van der Waals surface area (Å²) < 4.78 is 6.36. The van der Waals surface area contributed by atoms with Gasteiger partial charge >= 0.3 is 0 Å². The van der Waals surface area contributed by atoms with Gasteiger partial charge in [0, 0.05) is 17.1 Å². The number of hydrogen-bond donors (Lipinski definition) is 1. The van der Waals surface area contributed by atoms with Gasteiger partial charge in [-0.05, 0) is 61.5 Å². The molecule has 2 aliphatic rings. The second kappa shape index (κ2) is 8.20. The third-order valence-corrected chi connectivity index (χ3v) is 6.97. The Balaban J connectivity index is 1.48. The third kappa shape index (κ3) is 3.79. The Hall–Kier alpha value is -2.31. The van der Waals surface area contributed by atoms with Crippen LogP contribution in [-0.4, -0.2) is 21.0 Å². The predicted octanol–water partition coefficient (Wildman–Crippen LogP) is 5.74. The first-order valence-corrected chi connectivity index (χ1v) is 11.3. The minimum atomic E-state index is -0.00924. The van der Waals surface area contributed by atoms with Crippen molar-refractivity contribution in [2.75, 3.05) is 0 Å². The molecule has 1 saturated heterocycles. The summed E-state index contributed by atoms with van der Waals surface area (Å²) in [4.78, 5) is 8.15. The van der Waals surface area contributed by atoms with E-state index in [4.69, 9.17) is 16.6 Å². The zero-order valence-electron chi connectivity index (χ0n) is 16.0. The van der Waals surface area contributed by atoms with Crippen LogP contribution in [-0.2, 0) is 0 Å². The van der Waals surface area contributed by atoms with E-state index in [-0.39, 0.29) is 12.1 Å². The fourth-order valence-corrected chi connectivity index (χ4v) is 5.59. The topological polar surface area (TPSA) is 41.3 Å². The van der Waals surface area contributed by atoms with Gasteiger partial charge in [-0.1, -0.05) is 48.9 Å². The van der Waals surface area contributed by atoms with Crippen LogP contribution in [0.5, 0.6) is 0 Å². The van der Waals surface area contributed by atoms with Gasteiger partial charge in [0.15, 0.2) is 10.2 Å². The molecule has 1 saturated carbocycles. The largest absolute Gasteiger partial charge is 0.452 e. The summed E-state index contributed by atoms with van der Waals surface area (Å²) in [7, 11) is 0. The summed E-state index contributed by atoms with van der Waals surface area (Å²) in [5.41, 5.74) is 0.994. The lowest BCUT2D eigenvalue weighted by molar-refractivity contribution is 0.210. The molecule has 0 bridgehead atoms. The molecule has 3 heterocycles. The fourth-order valence-electron chi connectivity index (χ4n) is 4.40. The number of furan rings is 1. The van der Waals surface area contributed by atoms with Crippen molar-refractivity contribution < 1.29 is 4.42 Å². The summed E-state index contributed by atoms with van der Waals surface area (Å²) in [6.45, 7) is 0. The molecule has 2 aromatic heterocycles. The summed E-state index contributed by atoms with van der Waals surface area (Å²) in [6, 6.07) is 21.0. The van der Waals surface area contributed by atoms with Crippen molar-refractivity contribution in [2.45, 2.75) is 53.8 Å². The fraction of sp³-hybridized carbons (Fsp3) is 0.304. The average molecular weight is 422 g/mol. The molecule has 0 radical (unpaired) electrons. The summed E-state index contributed by atoms with van der Waals surface area (Å²) in [5.74, 6) is 0.943. The molecule has 0 spiro atoms. The quantitative estimate of drug-likeness (QED) is 0.530. The Morgan fingerprint density at radius 2 is 1.79 bits per heavy atom. The molecule has 6 heteroatoms. The highest BCUT2D eigenvalue weighted by molar-refractivity contribution is 7.99. The molecule has 1 aliphatic heterocycles. The first-order valence-electron chi connectivity index (χ1n) is 10.1. The summed E-state index contributed by atoms with van der Waals surface area (Å²) in [6.07, 6.45) is 6.73. The van der Waals surface area contributed by atoms with Crippen molar-refractivity contribution in [3.05, 3.63) is 78.3 Å². The molecular formula is C23H23N3OS2. The molecule has 0 amide bonds. The van der Waals surface area contributed by atoms with Gasteiger partial charge in [-0.25, -0.2) is 0 Å². The molecule has 29 heavy (non-hydrogen) atoms. The van der Waals surface area contributed by atoms with Crippen molar-refractivity contribution in [3.63, 3.8) is 0 Å². The number of pyridine rings is 1. The molecule has 148 valence electrons. The molecule has 1 aliphatic carbocycles. The van der Waals surface area contributed by atoms with E-state index in [1.165, 1.54) is 30.6 Å². The van der Waals surface area contributed by atoms with Gasteiger partial charge in [-0.3, -0.25) is 4.98 Å². The smallest absolute Gasteiger partial charge is 0.170 e. The van der Waals surface area contributed by atoms with Crippen molar-refractivity contribution >= 4 is 29.1 Å². The van der Waals surface area contributed by atoms with Crippen LogP contribution >= 0.6 is 24.0 Å². The number of thiocarbonyl (C=S) groups is 1. The third-order valence-electron chi connectivity index (χ3n) is 5.71. The molecule has 3 aromatic rings. The first-order chi connectivity index (χ1) is 14.3. The van der Waals surface area contributed by atoms with Crippen LogP contribution in [0, 0.1) is 0 Å². The number of benzene rings is 1. The van der Waals surface area contributed by atoms with Gasteiger partial charge < -0.3 is 14.6 Å². The van der Waals surface area contributed by atoms with E-state index < -0.39 is 0 Å². The summed E-state index contributed by atoms with van der Waals surface area (Å²) in [5, 5.41) is 5.24. The van der Waals surface area contributed by atoms with Crippen LogP contribution < -0.4 is 5.32 Å². The zero-order valence-corrected chi connectivity index (χ0v) is 17.7. The number of nitrogens with one attached hydrogen (secondary N) is 1. The molecule has 4 nitrogen and oxygen atoms in total. The number of aromatic nitrogens is 1. The lowest BCUT2D eigenvalue weighted by Crippen LogP contribution is -2.37. The molecule has 5 rings (SSSR count). The zero-order chi connectivity index (χ0) is 19.6. The minimum absolute atomic E-state index is 0.00924. The highest BCUT2D eigenvalue weighted by Crippen LogP contribution is 2.44. The van der Waals surface area contributed by atoms with E-state index in [1.807, 2.05) is 36.5 Å². The van der Waals surface area contributed by atoms with E-state index in [2.05, 4.69) is 45.5 Å². The lowest BCUT2D eigenvalue weighted by atomic mass is 10.0. The number of rotatable bonds is 5. The SMILES string of the molecule is S=C1N[C@H](c2ccccn2)[C@@H](c2ccc(Sc3ccccc3)o2)N1C1CCCC1. The molecule has 1 aromatic carbocycles. The maximum atomic E-state index is 6.36. The Kier molecular flexibility index (Phi) is 5.29. The van der Waals surface area contributed by atoms with Crippen molar-refractivity contribution in [2.24, 2.45) is 0 Å². The van der Waals surface area contributed by atoms with Crippen LogP contribution in [0.25, 0.3) is 0 Å². The van der Waals surface area contributed by atoms with Gasteiger partial charge in [0.1, 0.15) is 11.8 Å². The van der Waals surface area contributed by atoms with Gasteiger partial charge in [0.2, 0.25) is 0 Å². The normalized spacial score (nSPS) is 22.2. The van der Waals surface area contributed by atoms with Crippen LogP contribution in [0.15, 0.2) is 81.3 Å². The van der Waals surface area contributed by atoms with E-state index in [1.54, 1.807) is 11.8 Å². The predicted molar refractivity (Wildman–Crippen MR) is 119 cm³/mol. The Labute approximate surface area is 180 Å². The van der Waals surface area contributed by atoms with Crippen LogP contribution in [0.2, 0.25) is 0 Å². The van der Waals surface area contributed by atoms with Gasteiger partial charge in [0.05, 0.1) is 11.7 Å². The first kappa shape index (κ1) is 18.7. The van der Waals surface area contributed by atoms with E-state index >= 15 is 0 Å². The maximum absolute atomic E-state index is 6.36. The van der Waals surface area contributed by atoms with Crippen LogP contribution in [0.4, 0.5) is 0 Å². The van der Waals surface area contributed by atoms with Crippen molar-refractivity contribution in [3.8, 4) is 0 Å². The minimum Gasteiger partial charge on any atom is -0.452 e. The standard InChI is InChI=1S/C23H23N3OS2/c28-23-25-21(18-12-6-7-15-24-18)22(26(23)16-8-4-5-9-16)19-13-14-20(27-19)29-17-10-2-1-3-11-17/h1-3,6-7,10-16,21-22H,4-5,8-9H2,(H,25,28)/t21-,22-/m1/s1. The van der Waals surface area contributed by atoms with E-state index in [0.717, 1.165) is 21.7 Å². The average Bonchev–Trinajstić information content (AvgIpc) is 3.49. The second-order valence-corrected chi connectivity index (χ2v) is 9.01.